The number of thioether (sulfide) groups is 1. The van der Waals surface area contributed by atoms with Gasteiger partial charge in [-0.25, -0.2) is 14.1 Å². The van der Waals surface area contributed by atoms with Crippen LogP contribution in [0.15, 0.2) is 53.7 Å². The quantitative estimate of drug-likeness (QED) is 0.616. The van der Waals surface area contributed by atoms with Crippen LogP contribution in [0.2, 0.25) is 0 Å². The molecule has 0 N–H and O–H groups in total. The zero-order chi connectivity index (χ0) is 21.3. The zero-order valence-corrected chi connectivity index (χ0v) is 17.9. The predicted octanol–water partition coefficient (Wildman–Crippen LogP) is 4.06. The summed E-state index contributed by atoms with van der Waals surface area (Å²) in [6, 6.07) is 14.1. The van der Waals surface area contributed by atoms with Crippen molar-refractivity contribution in [1.29, 1.82) is 0 Å². The molecule has 8 heteroatoms. The number of benzene rings is 2. The van der Waals surface area contributed by atoms with E-state index in [9.17, 15) is 9.18 Å². The molecule has 4 rings (SSSR count). The van der Waals surface area contributed by atoms with Gasteiger partial charge in [-0.2, -0.15) is 0 Å². The third-order valence-corrected chi connectivity index (χ3v) is 5.77. The second kappa shape index (κ2) is 8.10. The lowest BCUT2D eigenvalue weighted by Crippen LogP contribution is -2.45. The molecule has 3 aromatic rings. The Kier molecular flexibility index (Phi) is 5.51. The fourth-order valence-electron chi connectivity index (χ4n) is 3.15. The lowest BCUT2D eigenvalue weighted by atomic mass is 9.87. The molecule has 0 saturated heterocycles. The normalized spacial score (nSPS) is 14.0. The fourth-order valence-corrected chi connectivity index (χ4v) is 3.98. The third-order valence-electron chi connectivity index (χ3n) is 4.86. The molecule has 1 aliphatic heterocycles. The van der Waals surface area contributed by atoms with Gasteiger partial charge in [0, 0.05) is 0 Å². The minimum atomic E-state index is -0.309. The first-order valence-corrected chi connectivity index (χ1v) is 10.7. The molecule has 0 radical (unpaired) electrons. The van der Waals surface area contributed by atoms with Gasteiger partial charge in [-0.15, -0.1) is 10.2 Å². The van der Waals surface area contributed by atoms with Gasteiger partial charge < -0.3 is 4.74 Å². The van der Waals surface area contributed by atoms with Gasteiger partial charge in [-0.1, -0.05) is 56.8 Å². The van der Waals surface area contributed by atoms with Crippen molar-refractivity contribution in [2.24, 2.45) is 0 Å². The minimum absolute atomic E-state index is 0.0626. The van der Waals surface area contributed by atoms with Crippen LogP contribution in [0.3, 0.4) is 0 Å². The van der Waals surface area contributed by atoms with Crippen LogP contribution in [0.25, 0.3) is 0 Å². The SMILES string of the molecule is CC(C)(C)c1ccc(OCc2nnc3n2N(Cc2ccc(F)cc2)C(=O)CS3)cc1. The molecule has 1 amide bonds. The van der Waals surface area contributed by atoms with Gasteiger partial charge in [0.25, 0.3) is 5.91 Å². The summed E-state index contributed by atoms with van der Waals surface area (Å²) in [4.78, 5) is 12.6. The second-order valence-corrected chi connectivity index (χ2v) is 9.08. The lowest BCUT2D eigenvalue weighted by molar-refractivity contribution is -0.118. The van der Waals surface area contributed by atoms with Gasteiger partial charge in [0.15, 0.2) is 5.82 Å². The van der Waals surface area contributed by atoms with E-state index in [4.69, 9.17) is 4.74 Å². The Morgan fingerprint density at radius 2 is 1.77 bits per heavy atom. The highest BCUT2D eigenvalue weighted by Crippen LogP contribution is 2.27. The number of amides is 1. The van der Waals surface area contributed by atoms with Gasteiger partial charge in [0.2, 0.25) is 5.16 Å². The maximum atomic E-state index is 13.2. The summed E-state index contributed by atoms with van der Waals surface area (Å²) < 4.78 is 20.8. The Labute approximate surface area is 179 Å². The van der Waals surface area contributed by atoms with E-state index in [0.717, 1.165) is 11.3 Å². The summed E-state index contributed by atoms with van der Waals surface area (Å²) >= 11 is 1.34. The molecule has 156 valence electrons. The molecule has 0 saturated carbocycles. The van der Waals surface area contributed by atoms with E-state index >= 15 is 0 Å². The largest absolute Gasteiger partial charge is 0.486 e. The van der Waals surface area contributed by atoms with Crippen LogP contribution in [-0.4, -0.2) is 26.5 Å². The molecule has 0 unspecified atom stereocenters. The molecule has 30 heavy (non-hydrogen) atoms. The Hall–Kier alpha value is -2.87. The Balaban J connectivity index is 1.52. The molecule has 0 fully saturated rings. The zero-order valence-electron chi connectivity index (χ0n) is 17.1. The van der Waals surface area contributed by atoms with Gasteiger partial charge in [-0.3, -0.25) is 4.79 Å². The van der Waals surface area contributed by atoms with Crippen molar-refractivity contribution in [2.45, 2.75) is 44.5 Å². The summed E-state index contributed by atoms with van der Waals surface area (Å²) in [7, 11) is 0. The van der Waals surface area contributed by atoms with Gasteiger partial charge in [0.05, 0.1) is 12.3 Å². The smallest absolute Gasteiger partial charge is 0.252 e. The molecule has 1 aliphatic rings. The molecule has 2 aromatic carbocycles. The maximum absolute atomic E-state index is 13.2. The number of hydrogen-bond donors (Lipinski definition) is 0. The van der Waals surface area contributed by atoms with Crippen LogP contribution in [0.1, 0.15) is 37.7 Å². The number of ether oxygens (including phenoxy) is 1. The number of rotatable bonds is 5. The van der Waals surface area contributed by atoms with Crippen LogP contribution in [0.5, 0.6) is 5.75 Å². The van der Waals surface area contributed by atoms with Crippen LogP contribution < -0.4 is 9.75 Å². The highest BCUT2D eigenvalue weighted by Gasteiger charge is 2.29. The van der Waals surface area contributed by atoms with Crippen molar-refractivity contribution in [3.05, 3.63) is 71.3 Å². The second-order valence-electron chi connectivity index (χ2n) is 8.14. The first-order chi connectivity index (χ1) is 14.3. The van der Waals surface area contributed by atoms with Gasteiger partial charge in [-0.05, 0) is 40.8 Å². The average Bonchev–Trinajstić information content (AvgIpc) is 3.13. The van der Waals surface area contributed by atoms with E-state index in [2.05, 4.69) is 43.1 Å². The lowest BCUT2D eigenvalue weighted by Gasteiger charge is -2.29. The average molecular weight is 427 g/mol. The Bertz CT molecular complexity index is 1040. The van der Waals surface area contributed by atoms with Gasteiger partial charge >= 0.3 is 0 Å². The Morgan fingerprint density at radius 3 is 2.43 bits per heavy atom. The van der Waals surface area contributed by atoms with E-state index in [1.807, 2.05) is 12.1 Å². The predicted molar refractivity (Wildman–Crippen MR) is 114 cm³/mol. The van der Waals surface area contributed by atoms with E-state index < -0.39 is 0 Å². The Morgan fingerprint density at radius 1 is 1.07 bits per heavy atom. The van der Waals surface area contributed by atoms with E-state index in [0.29, 0.717) is 17.5 Å². The highest BCUT2D eigenvalue weighted by atomic mass is 32.2. The first kappa shape index (κ1) is 20.4. The molecule has 0 bridgehead atoms. The topological polar surface area (TPSA) is 60.3 Å². The van der Waals surface area contributed by atoms with Crippen LogP contribution in [-0.2, 0) is 23.4 Å². The van der Waals surface area contributed by atoms with Crippen molar-refractivity contribution < 1.29 is 13.9 Å². The number of carbonyl (C=O) groups excluding carboxylic acids is 1. The van der Waals surface area contributed by atoms with Crippen molar-refractivity contribution in [1.82, 2.24) is 14.9 Å². The van der Waals surface area contributed by atoms with Gasteiger partial charge in [0.1, 0.15) is 18.2 Å². The standard InChI is InChI=1S/C22H23FN4O2S/c1-22(2,3)16-6-10-18(11-7-16)29-13-19-24-25-21-27(19)26(20(28)14-30-21)12-15-4-8-17(23)9-5-15/h4-11H,12-14H2,1-3H3. The molecular formula is C22H23FN4O2S. The number of nitrogens with zero attached hydrogens (tertiary/aromatic N) is 4. The molecule has 2 heterocycles. The number of carbonyl (C=O) groups is 1. The fraction of sp³-hybridized carbons (Fsp3) is 0.318. The number of hydrogen-bond acceptors (Lipinski definition) is 5. The minimum Gasteiger partial charge on any atom is -0.486 e. The summed E-state index contributed by atoms with van der Waals surface area (Å²) in [5.41, 5.74) is 2.12. The van der Waals surface area contributed by atoms with Crippen LogP contribution >= 0.6 is 11.8 Å². The molecule has 0 aliphatic carbocycles. The van der Waals surface area contributed by atoms with E-state index in [-0.39, 0.29) is 29.5 Å². The summed E-state index contributed by atoms with van der Waals surface area (Å²) in [6.45, 7) is 6.97. The summed E-state index contributed by atoms with van der Waals surface area (Å²) in [6.07, 6.45) is 0. The monoisotopic (exact) mass is 426 g/mol. The third kappa shape index (κ3) is 4.33. The molecular weight excluding hydrogens is 403 g/mol. The maximum Gasteiger partial charge on any atom is 0.252 e. The molecule has 0 atom stereocenters. The van der Waals surface area contributed by atoms with E-state index in [1.165, 1.54) is 29.5 Å². The molecule has 6 nitrogen and oxygen atoms in total. The van der Waals surface area contributed by atoms with Crippen molar-refractivity contribution in [3.63, 3.8) is 0 Å². The highest BCUT2D eigenvalue weighted by molar-refractivity contribution is 7.99. The van der Waals surface area contributed by atoms with Crippen molar-refractivity contribution >= 4 is 17.7 Å². The van der Waals surface area contributed by atoms with Crippen molar-refractivity contribution in [3.8, 4) is 5.75 Å². The first-order valence-electron chi connectivity index (χ1n) is 9.67. The van der Waals surface area contributed by atoms with Crippen molar-refractivity contribution in [2.75, 3.05) is 10.8 Å². The van der Waals surface area contributed by atoms with E-state index in [1.54, 1.807) is 21.8 Å². The summed E-state index contributed by atoms with van der Waals surface area (Å²) in [5, 5.41) is 10.6. The summed E-state index contributed by atoms with van der Waals surface area (Å²) in [5.74, 6) is 1.17. The van der Waals surface area contributed by atoms with Crippen LogP contribution in [0, 0.1) is 5.82 Å². The number of fused-ring (bicyclic) bond motifs is 1. The number of aromatic nitrogens is 3. The number of halogens is 1. The molecule has 0 spiro atoms. The molecule has 1 aromatic heterocycles. The van der Waals surface area contributed by atoms with Crippen LogP contribution in [0.4, 0.5) is 4.39 Å².